The van der Waals surface area contributed by atoms with Crippen LogP contribution in [0, 0.1) is 0 Å². The normalized spacial score (nSPS) is 33.9. The fraction of sp³-hybridized carbons (Fsp3) is 0.625. The first-order valence-corrected chi connectivity index (χ1v) is 10.0. The molecule has 0 saturated carbocycles. The minimum atomic E-state index is -1.64. The summed E-state index contributed by atoms with van der Waals surface area (Å²) in [7, 11) is 1.59. The second-order valence-electron chi connectivity index (χ2n) is 6.54. The van der Waals surface area contributed by atoms with Crippen molar-refractivity contribution in [2.24, 2.45) is 0 Å². The molecule has 0 radical (unpaired) electrons. The van der Waals surface area contributed by atoms with Crippen LogP contribution in [0.5, 0.6) is 0 Å². The lowest BCUT2D eigenvalue weighted by molar-refractivity contribution is -0.282. The number of aromatic nitrogens is 2. The predicted octanol–water partition coefficient (Wildman–Crippen LogP) is 2.12. The standard InChI is InChI=1S/C16H20N2O5S2/c1-15(2)22-11-9(5-20-3)21-16(19,12(11)23-15)13-10-8(6-25-13)14(24-4)18-7-17-10/h6-7,9,11-12,19H,5H2,1-4H3/t9-,11-,12-,16?/m1/s1. The fourth-order valence-electron chi connectivity index (χ4n) is 3.46. The first-order chi connectivity index (χ1) is 11.9. The molecule has 4 heterocycles. The van der Waals surface area contributed by atoms with Crippen molar-refractivity contribution in [1.29, 1.82) is 0 Å². The highest BCUT2D eigenvalue weighted by Gasteiger charge is 2.64. The molecular formula is C16H20N2O5S2. The Bertz CT molecular complexity index is 798. The molecule has 2 saturated heterocycles. The largest absolute Gasteiger partial charge is 0.382 e. The van der Waals surface area contributed by atoms with Crippen LogP contribution >= 0.6 is 23.1 Å². The SMILES string of the molecule is COC[C@H]1OC(O)(c2scc3c(SC)ncnc23)[C@@H]2OC(C)(C)O[C@@H]21. The van der Waals surface area contributed by atoms with Gasteiger partial charge in [-0.1, -0.05) is 0 Å². The Morgan fingerprint density at radius 3 is 2.84 bits per heavy atom. The molecule has 2 aromatic heterocycles. The zero-order valence-electron chi connectivity index (χ0n) is 14.4. The summed E-state index contributed by atoms with van der Waals surface area (Å²) in [5.41, 5.74) is 0.678. The second kappa shape index (κ2) is 6.12. The smallest absolute Gasteiger partial charge is 0.234 e. The third-order valence-corrected chi connectivity index (χ3v) is 6.21. The van der Waals surface area contributed by atoms with Crippen molar-refractivity contribution < 1.29 is 24.1 Å². The Morgan fingerprint density at radius 2 is 2.12 bits per heavy atom. The summed E-state index contributed by atoms with van der Waals surface area (Å²) in [5, 5.41) is 15.2. The lowest BCUT2D eigenvalue weighted by Crippen LogP contribution is -2.40. The molecule has 2 fully saturated rings. The van der Waals surface area contributed by atoms with Gasteiger partial charge in [0.1, 0.15) is 29.7 Å². The Hall–Kier alpha value is -0.810. The van der Waals surface area contributed by atoms with E-state index in [0.29, 0.717) is 17.0 Å². The fourth-order valence-corrected chi connectivity index (χ4v) is 5.13. The molecular weight excluding hydrogens is 364 g/mol. The van der Waals surface area contributed by atoms with Crippen molar-refractivity contribution in [3.63, 3.8) is 0 Å². The van der Waals surface area contributed by atoms with Gasteiger partial charge in [0.05, 0.1) is 17.0 Å². The topological polar surface area (TPSA) is 82.9 Å². The lowest BCUT2D eigenvalue weighted by atomic mass is 10.0. The van der Waals surface area contributed by atoms with Crippen LogP contribution < -0.4 is 0 Å². The lowest BCUT2D eigenvalue weighted by Gasteiger charge is -2.29. The predicted molar refractivity (Wildman–Crippen MR) is 93.7 cm³/mol. The van der Waals surface area contributed by atoms with Crippen LogP contribution in [-0.2, 0) is 24.7 Å². The first kappa shape index (κ1) is 17.6. The number of aliphatic hydroxyl groups is 1. The van der Waals surface area contributed by atoms with Crippen LogP contribution in [-0.4, -0.2) is 59.1 Å². The molecule has 0 bridgehead atoms. The van der Waals surface area contributed by atoms with E-state index in [0.717, 1.165) is 10.4 Å². The molecule has 0 spiro atoms. The average molecular weight is 384 g/mol. The molecule has 7 nitrogen and oxygen atoms in total. The van der Waals surface area contributed by atoms with Crippen LogP contribution in [0.4, 0.5) is 0 Å². The minimum Gasteiger partial charge on any atom is -0.382 e. The van der Waals surface area contributed by atoms with Gasteiger partial charge in [0.2, 0.25) is 5.79 Å². The van der Waals surface area contributed by atoms with Crippen LogP contribution in [0.15, 0.2) is 16.7 Å². The van der Waals surface area contributed by atoms with Crippen molar-refractivity contribution in [1.82, 2.24) is 9.97 Å². The van der Waals surface area contributed by atoms with Crippen LogP contribution in [0.1, 0.15) is 18.7 Å². The van der Waals surface area contributed by atoms with Crippen molar-refractivity contribution >= 4 is 34.0 Å². The third kappa shape index (κ3) is 2.69. The van der Waals surface area contributed by atoms with Crippen molar-refractivity contribution in [3.05, 3.63) is 16.6 Å². The highest BCUT2D eigenvalue weighted by atomic mass is 32.2. The van der Waals surface area contributed by atoms with Crippen LogP contribution in [0.25, 0.3) is 10.9 Å². The van der Waals surface area contributed by atoms with E-state index in [-0.39, 0.29) is 0 Å². The summed E-state index contributed by atoms with van der Waals surface area (Å²) in [6.45, 7) is 3.96. The van der Waals surface area contributed by atoms with Gasteiger partial charge in [0.15, 0.2) is 5.79 Å². The average Bonchev–Trinajstić information content (AvgIpc) is 3.21. The second-order valence-corrected chi connectivity index (χ2v) is 8.21. The highest BCUT2D eigenvalue weighted by Crippen LogP contribution is 2.50. The van der Waals surface area contributed by atoms with Gasteiger partial charge in [-0.15, -0.1) is 23.1 Å². The van der Waals surface area contributed by atoms with Crippen molar-refractivity contribution in [2.45, 2.75) is 48.8 Å². The van der Waals surface area contributed by atoms with E-state index in [4.69, 9.17) is 18.9 Å². The van der Waals surface area contributed by atoms with Gasteiger partial charge in [0.25, 0.3) is 0 Å². The molecule has 0 aliphatic carbocycles. The molecule has 4 rings (SSSR count). The summed E-state index contributed by atoms with van der Waals surface area (Å²) >= 11 is 2.93. The maximum atomic E-state index is 11.5. The molecule has 0 amide bonds. The number of nitrogens with zero attached hydrogens (tertiary/aromatic N) is 2. The monoisotopic (exact) mass is 384 g/mol. The molecule has 2 aromatic rings. The van der Waals surface area contributed by atoms with E-state index < -0.39 is 29.9 Å². The summed E-state index contributed by atoms with van der Waals surface area (Å²) in [6.07, 6.45) is 1.96. The molecule has 0 aromatic carbocycles. The Labute approximate surface area is 153 Å². The summed E-state index contributed by atoms with van der Waals surface area (Å²) in [6, 6.07) is 0. The molecule has 9 heteroatoms. The molecule has 4 atom stereocenters. The highest BCUT2D eigenvalue weighted by molar-refractivity contribution is 7.98. The number of fused-ring (bicyclic) bond motifs is 2. The van der Waals surface area contributed by atoms with Crippen LogP contribution in [0.3, 0.4) is 0 Å². The molecule has 1 N–H and O–H groups in total. The van der Waals surface area contributed by atoms with E-state index >= 15 is 0 Å². The van der Waals surface area contributed by atoms with Gasteiger partial charge < -0.3 is 24.1 Å². The Morgan fingerprint density at radius 1 is 1.32 bits per heavy atom. The third-order valence-electron chi connectivity index (χ3n) is 4.42. The Kier molecular flexibility index (Phi) is 4.31. The molecule has 1 unspecified atom stereocenters. The number of ether oxygens (including phenoxy) is 4. The van der Waals surface area contributed by atoms with Gasteiger partial charge in [-0.3, -0.25) is 0 Å². The number of rotatable bonds is 4. The van der Waals surface area contributed by atoms with Gasteiger partial charge >= 0.3 is 0 Å². The van der Waals surface area contributed by atoms with E-state index in [1.54, 1.807) is 7.11 Å². The first-order valence-electron chi connectivity index (χ1n) is 7.91. The number of hydrogen-bond acceptors (Lipinski definition) is 9. The summed E-state index contributed by atoms with van der Waals surface area (Å²) in [4.78, 5) is 9.27. The number of thioether (sulfide) groups is 1. The number of methoxy groups -OCH3 is 1. The van der Waals surface area contributed by atoms with E-state index in [1.807, 2.05) is 25.5 Å². The number of thiophene rings is 1. The molecule has 2 aliphatic rings. The molecule has 136 valence electrons. The maximum Gasteiger partial charge on any atom is 0.234 e. The van der Waals surface area contributed by atoms with E-state index in [1.165, 1.54) is 29.4 Å². The molecule has 2 aliphatic heterocycles. The maximum absolute atomic E-state index is 11.5. The van der Waals surface area contributed by atoms with E-state index in [2.05, 4.69) is 9.97 Å². The number of hydrogen-bond donors (Lipinski definition) is 1. The van der Waals surface area contributed by atoms with Gasteiger partial charge in [-0.2, -0.15) is 0 Å². The molecule has 25 heavy (non-hydrogen) atoms. The van der Waals surface area contributed by atoms with Crippen molar-refractivity contribution in [3.8, 4) is 0 Å². The minimum absolute atomic E-state index is 0.303. The summed E-state index contributed by atoms with van der Waals surface area (Å²) in [5.74, 6) is -2.44. The van der Waals surface area contributed by atoms with E-state index in [9.17, 15) is 5.11 Å². The quantitative estimate of drug-likeness (QED) is 0.634. The van der Waals surface area contributed by atoms with Gasteiger partial charge in [-0.25, -0.2) is 9.97 Å². The van der Waals surface area contributed by atoms with Gasteiger partial charge in [0, 0.05) is 17.9 Å². The summed E-state index contributed by atoms with van der Waals surface area (Å²) < 4.78 is 23.2. The van der Waals surface area contributed by atoms with Crippen molar-refractivity contribution in [2.75, 3.05) is 20.0 Å². The zero-order chi connectivity index (χ0) is 17.8. The van der Waals surface area contributed by atoms with Gasteiger partial charge in [-0.05, 0) is 20.1 Å². The zero-order valence-corrected chi connectivity index (χ0v) is 16.0. The Balaban J connectivity index is 1.81. The van der Waals surface area contributed by atoms with Crippen LogP contribution in [0.2, 0.25) is 0 Å².